The molecule has 1 aromatic carbocycles. The highest BCUT2D eigenvalue weighted by Crippen LogP contribution is 2.33. The van der Waals surface area contributed by atoms with Crippen LogP contribution in [0.5, 0.6) is 0 Å². The van der Waals surface area contributed by atoms with E-state index in [-0.39, 0.29) is 6.03 Å². The normalized spacial score (nSPS) is 17.1. The topological polar surface area (TPSA) is 53.7 Å². The maximum atomic E-state index is 13.1. The Hall–Kier alpha value is -3.46. The summed E-state index contributed by atoms with van der Waals surface area (Å²) < 4.78 is 0. The third-order valence-electron chi connectivity index (χ3n) is 4.33. The van der Waals surface area contributed by atoms with Crippen molar-refractivity contribution in [2.24, 2.45) is 0 Å². The number of amides is 2. The van der Waals surface area contributed by atoms with Gasteiger partial charge in [-0.1, -0.05) is 24.3 Å². The van der Waals surface area contributed by atoms with Crippen LogP contribution in [-0.2, 0) is 0 Å². The number of aromatic nitrogens is 2. The van der Waals surface area contributed by atoms with Crippen molar-refractivity contribution in [1.82, 2.24) is 9.97 Å². The number of aryl methyl sites for hydroxylation is 1. The van der Waals surface area contributed by atoms with E-state index in [4.69, 9.17) is 6.57 Å². The average molecular weight is 329 g/mol. The summed E-state index contributed by atoms with van der Waals surface area (Å²) in [5.41, 5.74) is 2.24. The molecule has 1 aliphatic rings. The third-order valence-corrected chi connectivity index (χ3v) is 4.33. The second kappa shape index (κ2) is 5.87. The molecule has 0 unspecified atom stereocenters. The summed E-state index contributed by atoms with van der Waals surface area (Å²) in [5, 5.41) is 1.85. The van der Waals surface area contributed by atoms with Gasteiger partial charge in [-0.3, -0.25) is 19.7 Å². The van der Waals surface area contributed by atoms with Crippen molar-refractivity contribution in [3.05, 3.63) is 72.1 Å². The number of benzene rings is 1. The summed E-state index contributed by atoms with van der Waals surface area (Å²) in [4.78, 5) is 28.3. The first-order valence-electron chi connectivity index (χ1n) is 7.92. The lowest BCUT2D eigenvalue weighted by molar-refractivity contribution is 0.255. The molecule has 0 spiro atoms. The molecule has 0 bridgehead atoms. The Balaban J connectivity index is 1.81. The van der Waals surface area contributed by atoms with Crippen LogP contribution >= 0.6 is 0 Å². The molecule has 0 N–H and O–H groups in total. The summed E-state index contributed by atoms with van der Waals surface area (Å²) in [6, 6.07) is 11.2. The summed E-state index contributed by atoms with van der Waals surface area (Å²) in [7, 11) is 0. The summed E-state index contributed by atoms with van der Waals surface area (Å²) >= 11 is 0. The largest absolute Gasteiger partial charge is 0.335 e. The molecule has 3 aromatic rings. The number of fused-ring (bicyclic) bond motifs is 1. The van der Waals surface area contributed by atoms with Gasteiger partial charge in [0.2, 0.25) is 0 Å². The van der Waals surface area contributed by atoms with Crippen molar-refractivity contribution in [3.63, 3.8) is 0 Å². The van der Waals surface area contributed by atoms with E-state index < -0.39 is 6.17 Å². The van der Waals surface area contributed by atoms with Crippen molar-refractivity contribution < 1.29 is 4.79 Å². The van der Waals surface area contributed by atoms with Gasteiger partial charge in [-0.15, -0.1) is 0 Å². The van der Waals surface area contributed by atoms with Crippen LogP contribution in [0.15, 0.2) is 55.0 Å². The highest BCUT2D eigenvalue weighted by atomic mass is 16.2. The molecule has 1 fully saturated rings. The molecule has 2 aromatic heterocycles. The van der Waals surface area contributed by atoms with E-state index in [2.05, 4.69) is 14.8 Å². The third kappa shape index (κ3) is 2.46. The number of pyridine rings is 2. The molecule has 1 aliphatic heterocycles. The molecule has 25 heavy (non-hydrogen) atoms. The molecule has 0 radical (unpaired) electrons. The maximum Gasteiger partial charge on any atom is 0.335 e. The van der Waals surface area contributed by atoms with Crippen LogP contribution in [-0.4, -0.2) is 28.7 Å². The SMILES string of the molecule is [C-]#[N+][C@@H]1CN(c2ccnc(C)c2)C(=O)N1c1cncc2ccccc12. The summed E-state index contributed by atoms with van der Waals surface area (Å²) in [6.07, 6.45) is 4.50. The predicted octanol–water partition coefficient (Wildman–Crippen LogP) is 3.63. The molecule has 0 aliphatic carbocycles. The quantitative estimate of drug-likeness (QED) is 0.675. The van der Waals surface area contributed by atoms with Crippen molar-refractivity contribution in [1.29, 1.82) is 0 Å². The molecule has 6 heteroatoms. The van der Waals surface area contributed by atoms with Crippen LogP contribution < -0.4 is 9.80 Å². The number of anilines is 2. The molecule has 0 saturated carbocycles. The molecular formula is C19H15N5O. The van der Waals surface area contributed by atoms with Crippen LogP contribution in [0.1, 0.15) is 5.69 Å². The van der Waals surface area contributed by atoms with Crippen molar-refractivity contribution in [2.45, 2.75) is 13.1 Å². The fourth-order valence-corrected chi connectivity index (χ4v) is 3.15. The number of carbonyl (C=O) groups is 1. The number of hydrogen-bond donors (Lipinski definition) is 0. The van der Waals surface area contributed by atoms with Gasteiger partial charge in [0.1, 0.15) is 6.54 Å². The Morgan fingerprint density at radius 3 is 2.88 bits per heavy atom. The number of rotatable bonds is 2. The van der Waals surface area contributed by atoms with Crippen LogP contribution in [0.25, 0.3) is 15.6 Å². The van der Waals surface area contributed by atoms with Gasteiger partial charge in [0.05, 0.1) is 11.9 Å². The molecule has 122 valence electrons. The zero-order valence-corrected chi connectivity index (χ0v) is 13.6. The summed E-state index contributed by atoms with van der Waals surface area (Å²) in [5.74, 6) is 0. The molecule has 1 atom stereocenters. The minimum atomic E-state index is -0.589. The van der Waals surface area contributed by atoms with Gasteiger partial charge in [-0.25, -0.2) is 16.3 Å². The second-order valence-corrected chi connectivity index (χ2v) is 5.91. The minimum Gasteiger partial charge on any atom is -0.287 e. The van der Waals surface area contributed by atoms with Crippen LogP contribution in [0.3, 0.4) is 0 Å². The van der Waals surface area contributed by atoms with Crippen molar-refractivity contribution in [2.75, 3.05) is 16.3 Å². The molecule has 2 amide bonds. The number of carbonyl (C=O) groups excluding carboxylic acids is 1. The fourth-order valence-electron chi connectivity index (χ4n) is 3.15. The Morgan fingerprint density at radius 1 is 1.24 bits per heavy atom. The van der Waals surface area contributed by atoms with Crippen molar-refractivity contribution in [3.8, 4) is 0 Å². The second-order valence-electron chi connectivity index (χ2n) is 5.91. The van der Waals surface area contributed by atoms with E-state index in [0.29, 0.717) is 12.2 Å². The van der Waals surface area contributed by atoms with E-state index in [0.717, 1.165) is 22.2 Å². The standard InChI is InChI=1S/C19H15N5O/c1-13-9-15(7-8-22-13)23-12-18(20-2)24(19(23)25)17-11-21-10-14-5-3-4-6-16(14)17/h3-11,18H,12H2,1H3/t18-/m0/s1. The zero-order chi connectivity index (χ0) is 17.4. The molecule has 3 heterocycles. The van der Waals surface area contributed by atoms with Gasteiger partial charge in [-0.2, -0.15) is 0 Å². The van der Waals surface area contributed by atoms with Gasteiger partial charge in [0.25, 0.3) is 0 Å². The minimum absolute atomic E-state index is 0.218. The highest BCUT2D eigenvalue weighted by Gasteiger charge is 2.44. The van der Waals surface area contributed by atoms with Gasteiger partial charge >= 0.3 is 12.2 Å². The van der Waals surface area contributed by atoms with E-state index in [9.17, 15) is 4.79 Å². The number of hydrogen-bond acceptors (Lipinski definition) is 3. The van der Waals surface area contributed by atoms with E-state index in [1.54, 1.807) is 29.6 Å². The first-order chi connectivity index (χ1) is 12.2. The molecule has 6 nitrogen and oxygen atoms in total. The van der Waals surface area contributed by atoms with Crippen LogP contribution in [0.4, 0.5) is 16.2 Å². The van der Waals surface area contributed by atoms with Crippen LogP contribution in [0, 0.1) is 13.5 Å². The Morgan fingerprint density at radius 2 is 2.08 bits per heavy atom. The van der Waals surface area contributed by atoms with Gasteiger partial charge in [-0.05, 0) is 19.1 Å². The average Bonchev–Trinajstić information content (AvgIpc) is 2.97. The van der Waals surface area contributed by atoms with Crippen LogP contribution in [0.2, 0.25) is 0 Å². The smallest absolute Gasteiger partial charge is 0.287 e. The first-order valence-corrected chi connectivity index (χ1v) is 7.92. The maximum absolute atomic E-state index is 13.1. The van der Waals surface area contributed by atoms with E-state index in [1.165, 1.54) is 4.90 Å². The van der Waals surface area contributed by atoms with E-state index in [1.807, 2.05) is 37.3 Å². The molecule has 4 rings (SSSR count). The Bertz CT molecular complexity index is 1000. The van der Waals surface area contributed by atoms with Gasteiger partial charge < -0.3 is 0 Å². The Labute approximate surface area is 145 Å². The monoisotopic (exact) mass is 329 g/mol. The molecule has 1 saturated heterocycles. The first kappa shape index (κ1) is 15.1. The van der Waals surface area contributed by atoms with Gasteiger partial charge in [0, 0.05) is 34.5 Å². The lowest BCUT2D eigenvalue weighted by Gasteiger charge is -2.19. The van der Waals surface area contributed by atoms with Gasteiger partial charge in [0.15, 0.2) is 0 Å². The number of urea groups is 1. The summed E-state index contributed by atoms with van der Waals surface area (Å²) in [6.45, 7) is 9.74. The Kier molecular flexibility index (Phi) is 3.55. The zero-order valence-electron chi connectivity index (χ0n) is 13.6. The fraction of sp³-hybridized carbons (Fsp3) is 0.158. The lowest BCUT2D eigenvalue weighted by Crippen LogP contribution is -2.34. The predicted molar refractivity (Wildman–Crippen MR) is 96.3 cm³/mol. The highest BCUT2D eigenvalue weighted by molar-refractivity contribution is 6.11. The van der Waals surface area contributed by atoms with Crippen molar-refractivity contribution >= 4 is 28.2 Å². The number of nitrogens with zero attached hydrogens (tertiary/aromatic N) is 5. The lowest BCUT2D eigenvalue weighted by atomic mass is 10.1. The molecular weight excluding hydrogens is 314 g/mol. The van der Waals surface area contributed by atoms with E-state index >= 15 is 0 Å².